The summed E-state index contributed by atoms with van der Waals surface area (Å²) < 4.78 is 5.17. The molecule has 0 saturated heterocycles. The highest BCUT2D eigenvalue weighted by atomic mass is 35.5. The molecule has 0 spiro atoms. The van der Waals surface area contributed by atoms with Crippen LogP contribution in [0.2, 0.25) is 0 Å². The number of halogens is 1. The van der Waals surface area contributed by atoms with Gasteiger partial charge in [0, 0.05) is 25.2 Å². The van der Waals surface area contributed by atoms with E-state index in [-0.39, 0.29) is 0 Å². The van der Waals surface area contributed by atoms with Gasteiger partial charge in [-0.3, -0.25) is 0 Å². The molecule has 0 aliphatic rings. The van der Waals surface area contributed by atoms with Gasteiger partial charge in [0.15, 0.2) is 0 Å². The number of hydrogen-bond donors (Lipinski definition) is 0. The van der Waals surface area contributed by atoms with Gasteiger partial charge in [0.25, 0.3) is 0 Å². The van der Waals surface area contributed by atoms with Gasteiger partial charge < -0.3 is 9.64 Å². The molecule has 106 valence electrons. The van der Waals surface area contributed by atoms with E-state index in [2.05, 4.69) is 49.2 Å². The predicted octanol–water partition coefficient (Wildman–Crippen LogP) is 4.38. The largest absolute Gasteiger partial charge is 0.497 e. The number of nitrogens with zero attached hydrogens (tertiary/aromatic N) is 1. The maximum absolute atomic E-state index is 5.90. The number of anilines is 1. The van der Waals surface area contributed by atoms with Crippen molar-refractivity contribution >= 4 is 17.3 Å². The van der Waals surface area contributed by atoms with Gasteiger partial charge in [-0.1, -0.05) is 18.2 Å². The molecule has 2 nitrogen and oxygen atoms in total. The summed E-state index contributed by atoms with van der Waals surface area (Å²) in [5.41, 5.74) is 4.88. The van der Waals surface area contributed by atoms with Crippen molar-refractivity contribution in [1.29, 1.82) is 0 Å². The third-order valence-electron chi connectivity index (χ3n) is 3.49. The zero-order valence-corrected chi connectivity index (χ0v) is 12.9. The lowest BCUT2D eigenvalue weighted by Crippen LogP contribution is -2.16. The van der Waals surface area contributed by atoms with Gasteiger partial charge in [-0.15, -0.1) is 11.6 Å². The van der Waals surface area contributed by atoms with Crippen molar-refractivity contribution < 1.29 is 4.74 Å². The SMILES string of the molecule is COc1ccc(CN(C)c2ccc(CCl)c(C)c2)cc1. The molecule has 0 aromatic heterocycles. The molecule has 20 heavy (non-hydrogen) atoms. The Morgan fingerprint density at radius 2 is 1.80 bits per heavy atom. The van der Waals surface area contributed by atoms with Crippen molar-refractivity contribution in [3.8, 4) is 5.75 Å². The summed E-state index contributed by atoms with van der Waals surface area (Å²) in [6, 6.07) is 14.6. The minimum atomic E-state index is 0.564. The van der Waals surface area contributed by atoms with E-state index in [0.717, 1.165) is 12.3 Å². The van der Waals surface area contributed by atoms with Crippen LogP contribution in [0.3, 0.4) is 0 Å². The van der Waals surface area contributed by atoms with Crippen LogP contribution in [0.5, 0.6) is 5.75 Å². The van der Waals surface area contributed by atoms with E-state index in [1.165, 1.54) is 22.4 Å². The van der Waals surface area contributed by atoms with Gasteiger partial charge >= 0.3 is 0 Å². The monoisotopic (exact) mass is 289 g/mol. The first-order chi connectivity index (χ1) is 9.63. The average molecular weight is 290 g/mol. The Morgan fingerprint density at radius 3 is 2.35 bits per heavy atom. The van der Waals surface area contributed by atoms with Gasteiger partial charge in [-0.25, -0.2) is 0 Å². The molecule has 0 heterocycles. The van der Waals surface area contributed by atoms with Crippen LogP contribution in [0, 0.1) is 6.92 Å². The number of aryl methyl sites for hydroxylation is 1. The van der Waals surface area contributed by atoms with Crippen molar-refractivity contribution in [2.75, 3.05) is 19.1 Å². The van der Waals surface area contributed by atoms with E-state index in [1.807, 2.05) is 12.1 Å². The second-order valence-electron chi connectivity index (χ2n) is 4.95. The van der Waals surface area contributed by atoms with Crippen molar-refractivity contribution in [2.24, 2.45) is 0 Å². The fourth-order valence-corrected chi connectivity index (χ4v) is 2.46. The lowest BCUT2D eigenvalue weighted by atomic mass is 10.1. The minimum absolute atomic E-state index is 0.564. The summed E-state index contributed by atoms with van der Waals surface area (Å²) in [7, 11) is 3.78. The average Bonchev–Trinajstić information content (AvgIpc) is 2.48. The van der Waals surface area contributed by atoms with E-state index >= 15 is 0 Å². The molecule has 0 amide bonds. The van der Waals surface area contributed by atoms with Gasteiger partial charge in [0.05, 0.1) is 7.11 Å². The van der Waals surface area contributed by atoms with Crippen molar-refractivity contribution in [3.05, 3.63) is 59.2 Å². The number of ether oxygens (including phenoxy) is 1. The van der Waals surface area contributed by atoms with E-state index in [4.69, 9.17) is 16.3 Å². The van der Waals surface area contributed by atoms with Crippen LogP contribution in [0.15, 0.2) is 42.5 Å². The molecule has 0 unspecified atom stereocenters. The molecule has 2 aromatic rings. The topological polar surface area (TPSA) is 12.5 Å². The number of hydrogen-bond acceptors (Lipinski definition) is 2. The summed E-state index contributed by atoms with van der Waals surface area (Å²) in [4.78, 5) is 2.23. The Bertz CT molecular complexity index is 566. The standard InChI is InChI=1S/C17H20ClNO/c1-13-10-16(7-6-15(13)11-18)19(2)12-14-4-8-17(20-3)9-5-14/h4-10H,11-12H2,1-3H3. The summed E-state index contributed by atoms with van der Waals surface area (Å²) in [5.74, 6) is 1.45. The lowest BCUT2D eigenvalue weighted by molar-refractivity contribution is 0.414. The molecule has 2 rings (SSSR count). The molecule has 0 radical (unpaired) electrons. The van der Waals surface area contributed by atoms with Crippen LogP contribution in [-0.2, 0) is 12.4 Å². The first kappa shape index (κ1) is 14.7. The molecule has 2 aromatic carbocycles. The maximum Gasteiger partial charge on any atom is 0.118 e. The van der Waals surface area contributed by atoms with E-state index in [1.54, 1.807) is 7.11 Å². The summed E-state index contributed by atoms with van der Waals surface area (Å²) >= 11 is 5.90. The highest BCUT2D eigenvalue weighted by Crippen LogP contribution is 2.21. The fourth-order valence-electron chi connectivity index (χ4n) is 2.16. The zero-order valence-electron chi connectivity index (χ0n) is 12.2. The second kappa shape index (κ2) is 6.67. The Morgan fingerprint density at radius 1 is 1.10 bits per heavy atom. The molecule has 0 fully saturated rings. The van der Waals surface area contributed by atoms with Crippen LogP contribution in [0.4, 0.5) is 5.69 Å². The Kier molecular flexibility index (Phi) is 4.91. The van der Waals surface area contributed by atoms with Gasteiger partial charge in [-0.2, -0.15) is 0 Å². The molecule has 0 aliphatic heterocycles. The Balaban J connectivity index is 2.10. The first-order valence-corrected chi connectivity index (χ1v) is 7.17. The van der Waals surface area contributed by atoms with Crippen molar-refractivity contribution in [3.63, 3.8) is 0 Å². The van der Waals surface area contributed by atoms with Gasteiger partial charge in [0.2, 0.25) is 0 Å². The van der Waals surface area contributed by atoms with E-state index < -0.39 is 0 Å². The molecule has 0 aliphatic carbocycles. The van der Waals surface area contributed by atoms with Crippen molar-refractivity contribution in [1.82, 2.24) is 0 Å². The molecule has 3 heteroatoms. The Hall–Kier alpha value is -1.67. The maximum atomic E-state index is 5.90. The number of rotatable bonds is 5. The highest BCUT2D eigenvalue weighted by Gasteiger charge is 2.05. The van der Waals surface area contributed by atoms with Crippen LogP contribution < -0.4 is 9.64 Å². The second-order valence-corrected chi connectivity index (χ2v) is 5.22. The quantitative estimate of drug-likeness (QED) is 0.758. The van der Waals surface area contributed by atoms with E-state index in [9.17, 15) is 0 Å². The summed E-state index contributed by atoms with van der Waals surface area (Å²) in [5, 5.41) is 0. The number of benzene rings is 2. The third kappa shape index (κ3) is 3.45. The third-order valence-corrected chi connectivity index (χ3v) is 3.78. The molecule has 0 N–H and O–H groups in total. The fraction of sp³-hybridized carbons (Fsp3) is 0.294. The molecular formula is C17H20ClNO. The lowest BCUT2D eigenvalue weighted by Gasteiger charge is -2.20. The zero-order chi connectivity index (χ0) is 14.5. The smallest absolute Gasteiger partial charge is 0.118 e. The number of methoxy groups -OCH3 is 1. The molecular weight excluding hydrogens is 270 g/mol. The molecule has 0 saturated carbocycles. The normalized spacial score (nSPS) is 10.4. The van der Waals surface area contributed by atoms with Gasteiger partial charge in [0.1, 0.15) is 5.75 Å². The van der Waals surface area contributed by atoms with Crippen LogP contribution in [-0.4, -0.2) is 14.2 Å². The van der Waals surface area contributed by atoms with Crippen LogP contribution >= 0.6 is 11.6 Å². The van der Waals surface area contributed by atoms with Crippen molar-refractivity contribution in [2.45, 2.75) is 19.3 Å². The highest BCUT2D eigenvalue weighted by molar-refractivity contribution is 6.17. The Labute approximate surface area is 125 Å². The molecule has 0 atom stereocenters. The molecule has 0 bridgehead atoms. The minimum Gasteiger partial charge on any atom is -0.497 e. The van der Waals surface area contributed by atoms with E-state index in [0.29, 0.717) is 5.88 Å². The summed E-state index contributed by atoms with van der Waals surface area (Å²) in [6.07, 6.45) is 0. The van der Waals surface area contributed by atoms with Crippen LogP contribution in [0.25, 0.3) is 0 Å². The predicted molar refractivity (Wildman–Crippen MR) is 85.8 cm³/mol. The van der Waals surface area contributed by atoms with Gasteiger partial charge in [-0.05, 0) is 47.9 Å². The van der Waals surface area contributed by atoms with Crippen LogP contribution in [0.1, 0.15) is 16.7 Å². The summed E-state index contributed by atoms with van der Waals surface area (Å²) in [6.45, 7) is 2.96. The number of alkyl halides is 1. The first-order valence-electron chi connectivity index (χ1n) is 6.63.